The summed E-state index contributed by atoms with van der Waals surface area (Å²) in [6, 6.07) is 11.2. The Kier molecular flexibility index (Phi) is 3.24. The van der Waals surface area contributed by atoms with E-state index in [1.807, 2.05) is 37.3 Å². The molecule has 1 aromatic carbocycles. The number of pyridine rings is 1. The van der Waals surface area contributed by atoms with Crippen molar-refractivity contribution in [3.05, 3.63) is 41.6 Å². The number of fused-ring (bicyclic) bond motifs is 1. The summed E-state index contributed by atoms with van der Waals surface area (Å²) in [7, 11) is 1.62. The fourth-order valence-corrected chi connectivity index (χ4v) is 1.87. The first-order valence-corrected chi connectivity index (χ1v) is 5.62. The molecule has 0 fully saturated rings. The maximum absolute atomic E-state index is 12.2. The van der Waals surface area contributed by atoms with E-state index in [4.69, 9.17) is 5.26 Å². The van der Waals surface area contributed by atoms with E-state index in [9.17, 15) is 4.79 Å². The molecule has 18 heavy (non-hydrogen) atoms. The van der Waals surface area contributed by atoms with Crippen molar-refractivity contribution < 1.29 is 4.79 Å². The van der Waals surface area contributed by atoms with Crippen LogP contribution in [0.1, 0.15) is 16.1 Å². The van der Waals surface area contributed by atoms with Crippen molar-refractivity contribution in [3.63, 3.8) is 0 Å². The average Bonchev–Trinajstić information content (AvgIpc) is 2.37. The molecule has 90 valence electrons. The molecule has 1 amide bonds. The third-order valence-electron chi connectivity index (χ3n) is 2.73. The van der Waals surface area contributed by atoms with E-state index in [0.29, 0.717) is 5.56 Å². The monoisotopic (exact) mass is 239 g/mol. The molecular weight excluding hydrogens is 226 g/mol. The van der Waals surface area contributed by atoms with Gasteiger partial charge in [-0.1, -0.05) is 18.2 Å². The predicted octanol–water partition coefficient (Wildman–Crippen LogP) is 2.14. The van der Waals surface area contributed by atoms with Gasteiger partial charge in [-0.3, -0.25) is 9.78 Å². The molecule has 0 bridgehead atoms. The van der Waals surface area contributed by atoms with Crippen molar-refractivity contribution >= 4 is 16.8 Å². The molecule has 0 saturated carbocycles. The van der Waals surface area contributed by atoms with Gasteiger partial charge in [-0.2, -0.15) is 5.26 Å². The number of nitrogens with zero attached hydrogens (tertiary/aromatic N) is 3. The molecule has 4 nitrogen and oxygen atoms in total. The Morgan fingerprint density at radius 3 is 2.89 bits per heavy atom. The first kappa shape index (κ1) is 12.1. The lowest BCUT2D eigenvalue weighted by molar-refractivity contribution is 0.0813. The lowest BCUT2D eigenvalue weighted by Crippen LogP contribution is -2.27. The highest BCUT2D eigenvalue weighted by Gasteiger charge is 2.15. The summed E-state index contributed by atoms with van der Waals surface area (Å²) in [4.78, 5) is 18.0. The molecule has 0 spiro atoms. The highest BCUT2D eigenvalue weighted by molar-refractivity contribution is 6.06. The minimum absolute atomic E-state index is 0.0779. The van der Waals surface area contributed by atoms with Crippen molar-refractivity contribution in [3.8, 4) is 6.07 Å². The third-order valence-corrected chi connectivity index (χ3v) is 2.73. The lowest BCUT2D eigenvalue weighted by atomic mass is 10.1. The zero-order chi connectivity index (χ0) is 13.1. The van der Waals surface area contributed by atoms with Crippen LogP contribution in [0.15, 0.2) is 30.3 Å². The van der Waals surface area contributed by atoms with Gasteiger partial charge in [0.2, 0.25) is 0 Å². The van der Waals surface area contributed by atoms with Crippen LogP contribution in [0.4, 0.5) is 0 Å². The smallest absolute Gasteiger partial charge is 0.255 e. The summed E-state index contributed by atoms with van der Waals surface area (Å²) < 4.78 is 0. The number of amides is 1. The molecule has 1 aromatic heterocycles. The second kappa shape index (κ2) is 4.84. The molecule has 0 radical (unpaired) electrons. The summed E-state index contributed by atoms with van der Waals surface area (Å²) in [6.07, 6.45) is 0. The van der Waals surface area contributed by atoms with Gasteiger partial charge in [0.15, 0.2) is 0 Å². The Morgan fingerprint density at radius 1 is 1.44 bits per heavy atom. The molecule has 2 rings (SSSR count). The summed E-state index contributed by atoms with van der Waals surface area (Å²) >= 11 is 0. The van der Waals surface area contributed by atoms with Crippen LogP contribution in [0.5, 0.6) is 0 Å². The van der Waals surface area contributed by atoms with E-state index in [2.05, 4.69) is 4.98 Å². The second-order valence-electron chi connectivity index (χ2n) is 4.15. The standard InChI is InChI=1S/C14H13N3O/c1-10-9-12(14(18)17(2)8-7-15)11-5-3-4-6-13(11)16-10/h3-6,9H,8H2,1-2H3. The molecule has 0 aliphatic carbocycles. The van der Waals surface area contributed by atoms with Crippen molar-refractivity contribution in [2.75, 3.05) is 13.6 Å². The van der Waals surface area contributed by atoms with Crippen LogP contribution >= 0.6 is 0 Å². The summed E-state index contributed by atoms with van der Waals surface area (Å²) in [5, 5.41) is 9.46. The van der Waals surface area contributed by atoms with E-state index in [1.54, 1.807) is 13.1 Å². The van der Waals surface area contributed by atoms with Gasteiger partial charge in [-0.25, -0.2) is 0 Å². The number of aromatic nitrogens is 1. The van der Waals surface area contributed by atoms with Crippen molar-refractivity contribution in [1.29, 1.82) is 5.26 Å². The van der Waals surface area contributed by atoms with Gasteiger partial charge in [0.1, 0.15) is 6.54 Å². The number of rotatable bonds is 2. The fourth-order valence-electron chi connectivity index (χ4n) is 1.87. The highest BCUT2D eigenvalue weighted by atomic mass is 16.2. The number of aryl methyl sites for hydroxylation is 1. The Bertz CT molecular complexity index is 643. The van der Waals surface area contributed by atoms with Gasteiger partial charge in [0.25, 0.3) is 5.91 Å². The fraction of sp³-hybridized carbons (Fsp3) is 0.214. The van der Waals surface area contributed by atoms with Gasteiger partial charge in [0.05, 0.1) is 17.1 Å². The Labute approximate surface area is 105 Å². The number of benzene rings is 1. The van der Waals surface area contributed by atoms with Crippen LogP contribution in [0.25, 0.3) is 10.9 Å². The molecule has 4 heteroatoms. The molecule has 1 heterocycles. The molecule has 0 aliphatic heterocycles. The molecule has 0 N–H and O–H groups in total. The molecule has 0 aliphatic rings. The minimum Gasteiger partial charge on any atom is -0.328 e. The summed E-state index contributed by atoms with van der Waals surface area (Å²) in [5.74, 6) is -0.154. The molecule has 0 unspecified atom stereocenters. The van der Waals surface area contributed by atoms with Crippen LogP contribution in [0, 0.1) is 18.3 Å². The van der Waals surface area contributed by atoms with E-state index in [-0.39, 0.29) is 12.5 Å². The van der Waals surface area contributed by atoms with Gasteiger partial charge in [-0.15, -0.1) is 0 Å². The van der Waals surface area contributed by atoms with Gasteiger partial charge >= 0.3 is 0 Å². The summed E-state index contributed by atoms with van der Waals surface area (Å²) in [6.45, 7) is 1.93. The Morgan fingerprint density at radius 2 is 2.17 bits per heavy atom. The largest absolute Gasteiger partial charge is 0.328 e. The van der Waals surface area contributed by atoms with Gasteiger partial charge < -0.3 is 4.90 Å². The van der Waals surface area contributed by atoms with Gasteiger partial charge in [0, 0.05) is 18.1 Å². The second-order valence-corrected chi connectivity index (χ2v) is 4.15. The maximum Gasteiger partial charge on any atom is 0.255 e. The molecule has 0 atom stereocenters. The quantitative estimate of drug-likeness (QED) is 0.754. The van der Waals surface area contributed by atoms with Crippen molar-refractivity contribution in [2.45, 2.75) is 6.92 Å². The average molecular weight is 239 g/mol. The number of para-hydroxylation sites is 1. The number of hydrogen-bond acceptors (Lipinski definition) is 3. The van der Waals surface area contributed by atoms with Crippen LogP contribution in [0.3, 0.4) is 0 Å². The Hall–Kier alpha value is -2.41. The van der Waals surface area contributed by atoms with E-state index >= 15 is 0 Å². The van der Waals surface area contributed by atoms with E-state index in [1.165, 1.54) is 4.90 Å². The topological polar surface area (TPSA) is 57.0 Å². The maximum atomic E-state index is 12.2. The van der Waals surface area contributed by atoms with Gasteiger partial charge in [-0.05, 0) is 19.1 Å². The van der Waals surface area contributed by atoms with Crippen LogP contribution in [0.2, 0.25) is 0 Å². The first-order chi connectivity index (χ1) is 8.63. The van der Waals surface area contributed by atoms with Crippen molar-refractivity contribution in [2.24, 2.45) is 0 Å². The van der Waals surface area contributed by atoms with Crippen LogP contribution < -0.4 is 0 Å². The predicted molar refractivity (Wildman–Crippen MR) is 69.1 cm³/mol. The minimum atomic E-state index is -0.154. The first-order valence-electron chi connectivity index (χ1n) is 5.62. The normalized spacial score (nSPS) is 10.1. The zero-order valence-electron chi connectivity index (χ0n) is 10.3. The Balaban J connectivity index is 2.57. The SMILES string of the molecule is Cc1cc(C(=O)N(C)CC#N)c2ccccc2n1. The third kappa shape index (κ3) is 2.16. The van der Waals surface area contributed by atoms with Crippen molar-refractivity contribution in [1.82, 2.24) is 9.88 Å². The number of nitriles is 1. The van der Waals surface area contributed by atoms with Crippen LogP contribution in [-0.4, -0.2) is 29.4 Å². The molecule has 0 saturated heterocycles. The summed E-state index contributed by atoms with van der Waals surface area (Å²) in [5.41, 5.74) is 2.18. The molecular formula is C14H13N3O. The highest BCUT2D eigenvalue weighted by Crippen LogP contribution is 2.19. The number of carbonyl (C=O) groups excluding carboxylic acids is 1. The van der Waals surface area contributed by atoms with E-state index in [0.717, 1.165) is 16.6 Å². The number of hydrogen-bond donors (Lipinski definition) is 0. The number of carbonyl (C=O) groups is 1. The van der Waals surface area contributed by atoms with Crippen LogP contribution in [-0.2, 0) is 0 Å². The lowest BCUT2D eigenvalue weighted by Gasteiger charge is -2.15. The zero-order valence-corrected chi connectivity index (χ0v) is 10.3. The van der Waals surface area contributed by atoms with E-state index < -0.39 is 0 Å². The molecule has 2 aromatic rings.